The molecule has 1 aliphatic rings. The number of carboxylic acid groups (broad SMARTS) is 1. The van der Waals surface area contributed by atoms with Gasteiger partial charge in [0.05, 0.1) is 5.92 Å². The van der Waals surface area contributed by atoms with Crippen molar-refractivity contribution in [3.63, 3.8) is 0 Å². The minimum absolute atomic E-state index is 0.0464. The maximum absolute atomic E-state index is 12.0. The van der Waals surface area contributed by atoms with Crippen molar-refractivity contribution in [2.45, 2.75) is 32.6 Å². The van der Waals surface area contributed by atoms with Crippen LogP contribution in [0.4, 0.5) is 5.69 Å². The normalized spacial score (nSPS) is 20.4. The first kappa shape index (κ1) is 14.6. The number of rotatable bonds is 8. The molecule has 1 aromatic rings. The summed E-state index contributed by atoms with van der Waals surface area (Å²) in [5.41, 5.74) is 1.61. The third-order valence-corrected chi connectivity index (χ3v) is 3.72. The van der Waals surface area contributed by atoms with E-state index in [1.807, 2.05) is 12.1 Å². The van der Waals surface area contributed by atoms with E-state index in [0.717, 1.165) is 18.7 Å². The van der Waals surface area contributed by atoms with Crippen LogP contribution < -0.4 is 5.32 Å². The molecule has 0 aliphatic heterocycles. The van der Waals surface area contributed by atoms with Gasteiger partial charge in [0, 0.05) is 23.7 Å². The number of anilines is 1. The summed E-state index contributed by atoms with van der Waals surface area (Å²) in [6.07, 6.45) is 4.02. The molecule has 0 heterocycles. The van der Waals surface area contributed by atoms with E-state index in [4.69, 9.17) is 5.11 Å². The summed E-state index contributed by atoms with van der Waals surface area (Å²) in [6.45, 7) is 3.10. The second-order valence-corrected chi connectivity index (χ2v) is 5.36. The molecular weight excluding hydrogens is 254 g/mol. The molecule has 108 valence electrons. The number of benzene rings is 1. The molecule has 1 saturated carbocycles. The van der Waals surface area contributed by atoms with Gasteiger partial charge in [0.1, 0.15) is 0 Å². The van der Waals surface area contributed by atoms with Crippen molar-refractivity contribution in [3.8, 4) is 0 Å². The van der Waals surface area contributed by atoms with Crippen LogP contribution in [0.1, 0.15) is 43.0 Å². The summed E-state index contributed by atoms with van der Waals surface area (Å²) >= 11 is 0. The standard InChI is InChI=1S/C16H21NO3/c1-2-3-4-9-17-12-7-5-11(6-8-12)15(18)13-10-14(13)16(19)20/h5-8,13-14,17H,2-4,9-10H2,1H3,(H,19,20)/t13-,14+/m0/s1. The molecule has 0 bridgehead atoms. The number of carbonyl (C=O) groups is 2. The van der Waals surface area contributed by atoms with Crippen LogP contribution in [0.3, 0.4) is 0 Å². The number of unbranched alkanes of at least 4 members (excludes halogenated alkanes) is 2. The maximum atomic E-state index is 12.0. The molecule has 0 saturated heterocycles. The summed E-state index contributed by atoms with van der Waals surface area (Å²) < 4.78 is 0. The second-order valence-electron chi connectivity index (χ2n) is 5.36. The molecular formula is C16H21NO3. The van der Waals surface area contributed by atoms with Gasteiger partial charge in [0.15, 0.2) is 5.78 Å². The average Bonchev–Trinajstić information content (AvgIpc) is 3.24. The lowest BCUT2D eigenvalue weighted by molar-refractivity contribution is -0.138. The largest absolute Gasteiger partial charge is 0.481 e. The lowest BCUT2D eigenvalue weighted by Gasteiger charge is -2.06. The summed E-state index contributed by atoms with van der Waals surface area (Å²) in [5.74, 6) is -1.71. The molecule has 1 aliphatic carbocycles. The minimum Gasteiger partial charge on any atom is -0.481 e. The first-order valence-corrected chi connectivity index (χ1v) is 7.24. The van der Waals surface area contributed by atoms with Crippen molar-refractivity contribution in [1.29, 1.82) is 0 Å². The Hall–Kier alpha value is -1.84. The molecule has 1 fully saturated rings. The fourth-order valence-electron chi connectivity index (χ4n) is 2.33. The average molecular weight is 275 g/mol. The van der Waals surface area contributed by atoms with E-state index < -0.39 is 11.9 Å². The minimum atomic E-state index is -0.863. The number of ketones is 1. The molecule has 0 unspecified atom stereocenters. The molecule has 1 aromatic carbocycles. The molecule has 0 amide bonds. The monoisotopic (exact) mass is 275 g/mol. The molecule has 4 nitrogen and oxygen atoms in total. The summed E-state index contributed by atoms with van der Waals surface area (Å²) in [6, 6.07) is 7.33. The Bertz CT molecular complexity index is 481. The molecule has 2 atom stereocenters. The lowest BCUT2D eigenvalue weighted by Crippen LogP contribution is -2.08. The van der Waals surface area contributed by atoms with Crippen molar-refractivity contribution in [3.05, 3.63) is 29.8 Å². The highest BCUT2D eigenvalue weighted by molar-refractivity contribution is 6.02. The van der Waals surface area contributed by atoms with Crippen molar-refractivity contribution in [2.24, 2.45) is 11.8 Å². The molecule has 20 heavy (non-hydrogen) atoms. The third kappa shape index (κ3) is 3.59. The molecule has 2 rings (SSSR count). The Balaban J connectivity index is 1.85. The number of carbonyl (C=O) groups excluding carboxylic acids is 1. The zero-order valence-corrected chi connectivity index (χ0v) is 11.8. The fourth-order valence-corrected chi connectivity index (χ4v) is 2.33. The third-order valence-electron chi connectivity index (χ3n) is 3.72. The number of nitrogens with one attached hydrogen (secondary N) is 1. The van der Waals surface area contributed by atoms with Crippen molar-refractivity contribution in [2.75, 3.05) is 11.9 Å². The molecule has 2 N–H and O–H groups in total. The summed E-state index contributed by atoms with van der Waals surface area (Å²) in [5, 5.41) is 12.2. The van der Waals surface area contributed by atoms with Crippen LogP contribution in [0, 0.1) is 11.8 Å². The van der Waals surface area contributed by atoms with Gasteiger partial charge in [0.2, 0.25) is 0 Å². The number of carboxylic acids is 1. The number of hydrogen-bond donors (Lipinski definition) is 2. The second kappa shape index (κ2) is 6.55. The summed E-state index contributed by atoms with van der Waals surface area (Å²) in [4.78, 5) is 22.8. The van der Waals surface area contributed by atoms with Gasteiger partial charge >= 0.3 is 5.97 Å². The van der Waals surface area contributed by atoms with Crippen LogP contribution in [-0.4, -0.2) is 23.4 Å². The first-order valence-electron chi connectivity index (χ1n) is 7.24. The van der Waals surface area contributed by atoms with Gasteiger partial charge in [-0.05, 0) is 37.1 Å². The van der Waals surface area contributed by atoms with E-state index in [0.29, 0.717) is 12.0 Å². The number of aliphatic carboxylic acids is 1. The Morgan fingerprint density at radius 1 is 1.20 bits per heavy atom. The van der Waals surface area contributed by atoms with Crippen LogP contribution in [0.15, 0.2) is 24.3 Å². The van der Waals surface area contributed by atoms with E-state index in [-0.39, 0.29) is 11.7 Å². The Labute approximate surface area is 119 Å². The highest BCUT2D eigenvalue weighted by atomic mass is 16.4. The van der Waals surface area contributed by atoms with Crippen LogP contribution in [-0.2, 0) is 4.79 Å². The molecule has 0 radical (unpaired) electrons. The zero-order chi connectivity index (χ0) is 14.5. The van der Waals surface area contributed by atoms with Gasteiger partial charge in [-0.15, -0.1) is 0 Å². The Morgan fingerprint density at radius 2 is 1.90 bits per heavy atom. The Kier molecular flexibility index (Phi) is 4.77. The van der Waals surface area contributed by atoms with Crippen molar-refractivity contribution in [1.82, 2.24) is 0 Å². The van der Waals surface area contributed by atoms with E-state index >= 15 is 0 Å². The first-order chi connectivity index (χ1) is 9.63. The van der Waals surface area contributed by atoms with Gasteiger partial charge in [-0.2, -0.15) is 0 Å². The van der Waals surface area contributed by atoms with E-state index in [1.54, 1.807) is 12.1 Å². The predicted octanol–water partition coefficient (Wildman–Crippen LogP) is 3.19. The van der Waals surface area contributed by atoms with Gasteiger partial charge in [-0.25, -0.2) is 0 Å². The van der Waals surface area contributed by atoms with Gasteiger partial charge in [0.25, 0.3) is 0 Å². The summed E-state index contributed by atoms with van der Waals surface area (Å²) in [7, 11) is 0. The topological polar surface area (TPSA) is 66.4 Å². The fraction of sp³-hybridized carbons (Fsp3) is 0.500. The van der Waals surface area contributed by atoms with Gasteiger partial charge in [-0.3, -0.25) is 9.59 Å². The smallest absolute Gasteiger partial charge is 0.307 e. The van der Waals surface area contributed by atoms with Crippen LogP contribution in [0.5, 0.6) is 0 Å². The SMILES string of the molecule is CCCCCNc1ccc(C(=O)[C@H]2C[C@H]2C(=O)O)cc1. The zero-order valence-electron chi connectivity index (χ0n) is 11.8. The Morgan fingerprint density at radius 3 is 2.45 bits per heavy atom. The van der Waals surface area contributed by atoms with Gasteiger partial charge in [-0.1, -0.05) is 19.8 Å². The predicted molar refractivity (Wildman–Crippen MR) is 78.0 cm³/mol. The molecule has 0 spiro atoms. The van der Waals surface area contributed by atoms with Crippen molar-refractivity contribution < 1.29 is 14.7 Å². The highest BCUT2D eigenvalue weighted by Gasteiger charge is 2.48. The molecule has 4 heteroatoms. The maximum Gasteiger partial charge on any atom is 0.307 e. The highest BCUT2D eigenvalue weighted by Crippen LogP contribution is 2.41. The number of Topliss-reactive ketones (excluding diaryl/α,β-unsaturated/α-hetero) is 1. The van der Waals surface area contributed by atoms with E-state index in [9.17, 15) is 9.59 Å². The lowest BCUT2D eigenvalue weighted by atomic mass is 10.1. The van der Waals surface area contributed by atoms with E-state index in [1.165, 1.54) is 12.8 Å². The number of hydrogen-bond acceptors (Lipinski definition) is 3. The van der Waals surface area contributed by atoms with Crippen LogP contribution >= 0.6 is 0 Å². The molecule has 0 aromatic heterocycles. The van der Waals surface area contributed by atoms with Crippen LogP contribution in [0.2, 0.25) is 0 Å². The quantitative estimate of drug-likeness (QED) is 0.565. The van der Waals surface area contributed by atoms with Crippen LogP contribution in [0.25, 0.3) is 0 Å². The van der Waals surface area contributed by atoms with E-state index in [2.05, 4.69) is 12.2 Å². The van der Waals surface area contributed by atoms with Gasteiger partial charge < -0.3 is 10.4 Å². The van der Waals surface area contributed by atoms with Crippen molar-refractivity contribution >= 4 is 17.4 Å².